The Morgan fingerprint density at radius 1 is 1.09 bits per heavy atom. The van der Waals surface area contributed by atoms with Gasteiger partial charge >= 0.3 is 5.97 Å². The first-order valence-corrected chi connectivity index (χ1v) is 11.1. The van der Waals surface area contributed by atoms with E-state index in [4.69, 9.17) is 27.9 Å². The van der Waals surface area contributed by atoms with Gasteiger partial charge in [-0.2, -0.15) is 0 Å². The van der Waals surface area contributed by atoms with Crippen molar-refractivity contribution in [1.29, 1.82) is 0 Å². The van der Waals surface area contributed by atoms with Crippen molar-refractivity contribution in [2.75, 3.05) is 11.9 Å². The Labute approximate surface area is 194 Å². The zero-order chi connectivity index (χ0) is 22.7. The highest BCUT2D eigenvalue weighted by atomic mass is 35.5. The molecular formula is C23H21Cl2N3O4. The molecule has 3 aromatic rings. The molecule has 4 rings (SSSR count). The van der Waals surface area contributed by atoms with Crippen LogP contribution in [-0.2, 0) is 22.5 Å². The monoisotopic (exact) mass is 473 g/mol. The average Bonchev–Trinajstić information content (AvgIpc) is 2.76. The van der Waals surface area contributed by atoms with E-state index in [0.29, 0.717) is 28.2 Å². The van der Waals surface area contributed by atoms with Crippen molar-refractivity contribution in [1.82, 2.24) is 9.55 Å². The van der Waals surface area contributed by atoms with Gasteiger partial charge in [-0.1, -0.05) is 42.1 Å². The van der Waals surface area contributed by atoms with Crippen molar-refractivity contribution in [2.24, 2.45) is 0 Å². The van der Waals surface area contributed by atoms with Crippen LogP contribution in [0.15, 0.2) is 41.2 Å². The molecule has 0 aliphatic carbocycles. The van der Waals surface area contributed by atoms with E-state index in [-0.39, 0.29) is 16.1 Å². The first kappa shape index (κ1) is 22.3. The summed E-state index contributed by atoms with van der Waals surface area (Å²) in [6.07, 6.45) is 4.87. The molecule has 0 radical (unpaired) electrons. The highest BCUT2D eigenvalue weighted by Gasteiger charge is 2.16. The van der Waals surface area contributed by atoms with E-state index in [0.717, 1.165) is 37.9 Å². The van der Waals surface area contributed by atoms with Gasteiger partial charge in [0.05, 0.1) is 32.2 Å². The summed E-state index contributed by atoms with van der Waals surface area (Å²) < 4.78 is 6.86. The maximum Gasteiger partial charge on any atom is 0.338 e. The number of fused-ring (bicyclic) bond motifs is 2. The maximum absolute atomic E-state index is 12.9. The van der Waals surface area contributed by atoms with E-state index in [2.05, 4.69) is 10.3 Å². The molecule has 166 valence electrons. The SMILES string of the molecule is O=C(COC(=O)c1ccc2c(=O)n3c(nc2c1)CCCCCC3)Nc1cccc(Cl)c1Cl. The van der Waals surface area contributed by atoms with Crippen LogP contribution in [0, 0.1) is 0 Å². The van der Waals surface area contributed by atoms with Crippen LogP contribution in [0.5, 0.6) is 0 Å². The molecule has 0 spiro atoms. The Morgan fingerprint density at radius 2 is 1.91 bits per heavy atom. The van der Waals surface area contributed by atoms with E-state index in [9.17, 15) is 14.4 Å². The number of hydrogen-bond acceptors (Lipinski definition) is 5. The highest BCUT2D eigenvalue weighted by Crippen LogP contribution is 2.29. The summed E-state index contributed by atoms with van der Waals surface area (Å²) in [6, 6.07) is 9.45. The number of amides is 1. The Morgan fingerprint density at radius 3 is 2.75 bits per heavy atom. The van der Waals surface area contributed by atoms with Crippen LogP contribution >= 0.6 is 23.2 Å². The molecule has 0 bridgehead atoms. The van der Waals surface area contributed by atoms with Crippen LogP contribution in [-0.4, -0.2) is 28.0 Å². The molecule has 9 heteroatoms. The second-order valence-electron chi connectivity index (χ2n) is 7.61. The Bertz CT molecular complexity index is 1260. The predicted molar refractivity (Wildman–Crippen MR) is 124 cm³/mol. The topological polar surface area (TPSA) is 90.3 Å². The molecule has 0 unspecified atom stereocenters. The number of ether oxygens (including phenoxy) is 1. The third-order valence-corrected chi connectivity index (χ3v) is 6.18. The summed E-state index contributed by atoms with van der Waals surface area (Å²) >= 11 is 12.0. The summed E-state index contributed by atoms with van der Waals surface area (Å²) in [5.41, 5.74) is 0.900. The van der Waals surface area contributed by atoms with Crippen LogP contribution in [0.2, 0.25) is 10.0 Å². The molecule has 0 atom stereocenters. The van der Waals surface area contributed by atoms with Gasteiger partial charge in [0.1, 0.15) is 5.82 Å². The quantitative estimate of drug-likeness (QED) is 0.558. The minimum absolute atomic E-state index is 0.0930. The minimum Gasteiger partial charge on any atom is -0.452 e. The molecule has 1 N–H and O–H groups in total. The minimum atomic E-state index is -0.687. The fraction of sp³-hybridized carbons (Fsp3) is 0.304. The lowest BCUT2D eigenvalue weighted by Crippen LogP contribution is -2.26. The number of esters is 1. The number of aryl methyl sites for hydroxylation is 1. The molecule has 7 nitrogen and oxygen atoms in total. The number of hydrogen-bond donors (Lipinski definition) is 1. The third kappa shape index (κ3) is 4.79. The molecule has 1 amide bonds. The smallest absolute Gasteiger partial charge is 0.338 e. The molecule has 0 saturated carbocycles. The summed E-state index contributed by atoms with van der Waals surface area (Å²) in [7, 11) is 0. The normalized spacial score (nSPS) is 13.7. The number of benzene rings is 2. The molecule has 1 aromatic heterocycles. The van der Waals surface area contributed by atoms with E-state index in [1.807, 2.05) is 0 Å². The van der Waals surface area contributed by atoms with E-state index in [1.165, 1.54) is 12.1 Å². The van der Waals surface area contributed by atoms with E-state index < -0.39 is 18.5 Å². The van der Waals surface area contributed by atoms with Gasteiger partial charge in [-0.3, -0.25) is 14.2 Å². The fourth-order valence-corrected chi connectivity index (χ4v) is 4.07. The average molecular weight is 474 g/mol. The van der Waals surface area contributed by atoms with Gasteiger partial charge in [-0.15, -0.1) is 0 Å². The van der Waals surface area contributed by atoms with Crippen molar-refractivity contribution >= 4 is 51.7 Å². The number of aromatic nitrogens is 2. The molecule has 32 heavy (non-hydrogen) atoms. The summed E-state index contributed by atoms with van der Waals surface area (Å²) in [5.74, 6) is -0.501. The maximum atomic E-state index is 12.9. The van der Waals surface area contributed by atoms with Gasteiger partial charge in [0.25, 0.3) is 11.5 Å². The number of rotatable bonds is 4. The van der Waals surface area contributed by atoms with Gasteiger partial charge in [0.15, 0.2) is 6.61 Å². The van der Waals surface area contributed by atoms with E-state index in [1.54, 1.807) is 28.8 Å². The lowest BCUT2D eigenvalue weighted by atomic mass is 10.1. The molecular weight excluding hydrogens is 453 g/mol. The molecule has 0 saturated heterocycles. The Kier molecular flexibility index (Phi) is 6.77. The van der Waals surface area contributed by atoms with Crippen molar-refractivity contribution in [2.45, 2.75) is 38.6 Å². The van der Waals surface area contributed by atoms with Gasteiger partial charge in [0, 0.05) is 13.0 Å². The molecule has 2 heterocycles. The van der Waals surface area contributed by atoms with Crippen LogP contribution < -0.4 is 10.9 Å². The van der Waals surface area contributed by atoms with Crippen molar-refractivity contribution in [3.05, 3.63) is 68.2 Å². The van der Waals surface area contributed by atoms with Crippen molar-refractivity contribution in [3.8, 4) is 0 Å². The largest absolute Gasteiger partial charge is 0.452 e. The lowest BCUT2D eigenvalue weighted by molar-refractivity contribution is -0.119. The number of anilines is 1. The summed E-state index contributed by atoms with van der Waals surface area (Å²) in [4.78, 5) is 42.2. The second-order valence-corrected chi connectivity index (χ2v) is 8.39. The van der Waals surface area contributed by atoms with Crippen molar-refractivity contribution in [3.63, 3.8) is 0 Å². The molecule has 0 fully saturated rings. The van der Waals surface area contributed by atoms with Crippen molar-refractivity contribution < 1.29 is 14.3 Å². The van der Waals surface area contributed by atoms with Gasteiger partial charge < -0.3 is 10.1 Å². The molecule has 2 aromatic carbocycles. The first-order valence-electron chi connectivity index (χ1n) is 10.4. The Hall–Kier alpha value is -2.90. The third-order valence-electron chi connectivity index (χ3n) is 5.36. The number of halogens is 2. The number of nitrogens with zero attached hydrogens (tertiary/aromatic N) is 2. The van der Waals surface area contributed by atoms with Crippen LogP contribution in [0.25, 0.3) is 10.9 Å². The van der Waals surface area contributed by atoms with Crippen LogP contribution in [0.1, 0.15) is 41.9 Å². The number of nitrogens with one attached hydrogen (secondary N) is 1. The van der Waals surface area contributed by atoms with E-state index >= 15 is 0 Å². The Balaban J connectivity index is 1.48. The lowest BCUT2D eigenvalue weighted by Gasteiger charge is -2.16. The van der Waals surface area contributed by atoms with Crippen LogP contribution in [0.4, 0.5) is 5.69 Å². The summed E-state index contributed by atoms with van der Waals surface area (Å²) in [6.45, 7) is 0.159. The second kappa shape index (κ2) is 9.71. The number of carbonyl (C=O) groups is 2. The zero-order valence-corrected chi connectivity index (χ0v) is 18.7. The summed E-state index contributed by atoms with van der Waals surface area (Å²) in [5, 5.41) is 3.51. The first-order chi connectivity index (χ1) is 15.4. The molecule has 1 aliphatic heterocycles. The standard InChI is InChI=1S/C23H21Cl2N3O4/c24-16-6-5-7-17(21(16)25)27-20(29)13-32-23(31)14-9-10-15-18(12-14)26-19-8-3-1-2-4-11-28(19)22(15)30/h5-7,9-10,12H,1-4,8,11,13H2,(H,27,29). The molecule has 1 aliphatic rings. The predicted octanol–water partition coefficient (Wildman–Crippen LogP) is 4.62. The fourth-order valence-electron chi connectivity index (χ4n) is 3.72. The van der Waals surface area contributed by atoms with Gasteiger partial charge in [-0.05, 0) is 43.2 Å². The van der Waals surface area contributed by atoms with Crippen LogP contribution in [0.3, 0.4) is 0 Å². The highest BCUT2D eigenvalue weighted by molar-refractivity contribution is 6.44. The van der Waals surface area contributed by atoms with Gasteiger partial charge in [-0.25, -0.2) is 9.78 Å². The van der Waals surface area contributed by atoms with Gasteiger partial charge in [0.2, 0.25) is 0 Å². The zero-order valence-electron chi connectivity index (χ0n) is 17.2. The number of carbonyl (C=O) groups excluding carboxylic acids is 2.